The van der Waals surface area contributed by atoms with Crippen LogP contribution in [0.15, 0.2) is 18.2 Å². The molecule has 0 heterocycles. The number of hydrogen-bond donors (Lipinski definition) is 1. The van der Waals surface area contributed by atoms with E-state index in [1.54, 1.807) is 38.2 Å². The van der Waals surface area contributed by atoms with Gasteiger partial charge >= 0.3 is 0 Å². The molecule has 1 aromatic rings. The molecule has 0 aliphatic heterocycles. The summed E-state index contributed by atoms with van der Waals surface area (Å²) in [5.41, 5.74) is 6.40. The predicted molar refractivity (Wildman–Crippen MR) is 65.8 cm³/mol. The summed E-state index contributed by atoms with van der Waals surface area (Å²) in [6.07, 6.45) is 0. The highest BCUT2D eigenvalue weighted by molar-refractivity contribution is 5.77. The predicted octanol–water partition coefficient (Wildman–Crippen LogP) is 0.928. The van der Waals surface area contributed by atoms with Gasteiger partial charge in [-0.2, -0.15) is 0 Å². The van der Waals surface area contributed by atoms with Crippen LogP contribution >= 0.6 is 0 Å². The van der Waals surface area contributed by atoms with E-state index in [0.717, 1.165) is 0 Å². The lowest BCUT2D eigenvalue weighted by Crippen LogP contribution is -2.34. The van der Waals surface area contributed by atoms with Crippen molar-refractivity contribution in [2.75, 3.05) is 33.4 Å². The van der Waals surface area contributed by atoms with Crippen LogP contribution in [0.25, 0.3) is 0 Å². The third-order valence-corrected chi connectivity index (χ3v) is 2.42. The van der Waals surface area contributed by atoms with Crippen LogP contribution in [0.1, 0.15) is 5.56 Å². The first-order valence-electron chi connectivity index (χ1n) is 5.32. The monoisotopic (exact) mass is 239 g/mol. The van der Waals surface area contributed by atoms with Gasteiger partial charge in [-0.15, -0.1) is 0 Å². The van der Waals surface area contributed by atoms with Crippen molar-refractivity contribution in [1.29, 1.82) is 0 Å². The van der Waals surface area contributed by atoms with Gasteiger partial charge in [0.15, 0.2) is 0 Å². The topological polar surface area (TPSA) is 49.6 Å². The first-order valence-corrected chi connectivity index (χ1v) is 5.32. The zero-order valence-electron chi connectivity index (χ0n) is 10.4. The van der Waals surface area contributed by atoms with Gasteiger partial charge in [-0.1, -0.05) is 6.07 Å². The molecule has 5 heteroatoms. The minimum atomic E-state index is -0.339. The second-order valence-corrected chi connectivity index (χ2v) is 4.31. The van der Waals surface area contributed by atoms with Crippen LogP contribution in [0.2, 0.25) is 0 Å². The summed E-state index contributed by atoms with van der Waals surface area (Å²) in [6, 6.07) is 4.58. The SMILES string of the molecule is CN(CC(=O)N(C)C)Cc1ccc(N)cc1F. The maximum absolute atomic E-state index is 13.5. The number of carbonyl (C=O) groups is 1. The third-order valence-electron chi connectivity index (χ3n) is 2.42. The Bertz CT molecular complexity index is 407. The molecule has 0 saturated carbocycles. The lowest BCUT2D eigenvalue weighted by atomic mass is 10.2. The number of benzene rings is 1. The van der Waals surface area contributed by atoms with E-state index in [0.29, 0.717) is 17.8 Å². The van der Waals surface area contributed by atoms with Crippen molar-refractivity contribution in [3.8, 4) is 0 Å². The molecule has 0 spiro atoms. The van der Waals surface area contributed by atoms with Crippen molar-refractivity contribution in [2.45, 2.75) is 6.54 Å². The molecule has 2 N–H and O–H groups in total. The van der Waals surface area contributed by atoms with Gasteiger partial charge in [-0.3, -0.25) is 9.69 Å². The van der Waals surface area contributed by atoms with Gasteiger partial charge in [0.25, 0.3) is 0 Å². The number of rotatable bonds is 4. The highest BCUT2D eigenvalue weighted by Crippen LogP contribution is 2.13. The molecule has 0 bridgehead atoms. The number of amides is 1. The van der Waals surface area contributed by atoms with Crippen molar-refractivity contribution in [3.63, 3.8) is 0 Å². The summed E-state index contributed by atoms with van der Waals surface area (Å²) in [7, 11) is 5.16. The molecule has 0 unspecified atom stereocenters. The molecule has 0 radical (unpaired) electrons. The van der Waals surface area contributed by atoms with E-state index < -0.39 is 0 Å². The average molecular weight is 239 g/mol. The lowest BCUT2D eigenvalue weighted by Gasteiger charge is -2.19. The van der Waals surface area contributed by atoms with Crippen LogP contribution in [-0.4, -0.2) is 43.4 Å². The van der Waals surface area contributed by atoms with Gasteiger partial charge in [0.2, 0.25) is 5.91 Å². The van der Waals surface area contributed by atoms with Crippen molar-refractivity contribution < 1.29 is 9.18 Å². The van der Waals surface area contributed by atoms with E-state index in [9.17, 15) is 9.18 Å². The van der Waals surface area contributed by atoms with E-state index in [1.165, 1.54) is 11.0 Å². The molecular formula is C12H18FN3O. The van der Waals surface area contributed by atoms with Crippen LogP contribution in [0, 0.1) is 5.82 Å². The second kappa shape index (κ2) is 5.63. The Morgan fingerprint density at radius 3 is 2.53 bits per heavy atom. The largest absolute Gasteiger partial charge is 0.399 e. The Morgan fingerprint density at radius 2 is 2.00 bits per heavy atom. The maximum Gasteiger partial charge on any atom is 0.236 e. The number of hydrogen-bond acceptors (Lipinski definition) is 3. The number of nitrogens with zero attached hydrogens (tertiary/aromatic N) is 2. The van der Waals surface area contributed by atoms with Crippen LogP contribution < -0.4 is 5.73 Å². The van der Waals surface area contributed by atoms with Crippen LogP contribution in [-0.2, 0) is 11.3 Å². The van der Waals surface area contributed by atoms with Crippen LogP contribution in [0.3, 0.4) is 0 Å². The molecule has 1 amide bonds. The number of carbonyl (C=O) groups excluding carboxylic acids is 1. The number of likely N-dealkylation sites (N-methyl/N-ethyl adjacent to an activating group) is 2. The van der Waals surface area contributed by atoms with E-state index >= 15 is 0 Å². The van der Waals surface area contributed by atoms with Crippen molar-refractivity contribution >= 4 is 11.6 Å². The first-order chi connectivity index (χ1) is 7.90. The van der Waals surface area contributed by atoms with Crippen molar-refractivity contribution in [1.82, 2.24) is 9.80 Å². The number of anilines is 1. The minimum Gasteiger partial charge on any atom is -0.399 e. The Kier molecular flexibility index (Phi) is 4.45. The third kappa shape index (κ3) is 4.03. The fourth-order valence-electron chi connectivity index (χ4n) is 1.41. The van der Waals surface area contributed by atoms with Crippen LogP contribution in [0.4, 0.5) is 10.1 Å². The standard InChI is InChI=1S/C12H18FN3O/c1-15(2)12(17)8-16(3)7-9-4-5-10(14)6-11(9)13/h4-6H,7-8,14H2,1-3H3. The molecule has 0 fully saturated rings. The Morgan fingerprint density at radius 1 is 1.35 bits per heavy atom. The molecule has 4 nitrogen and oxygen atoms in total. The summed E-state index contributed by atoms with van der Waals surface area (Å²) in [4.78, 5) is 14.7. The maximum atomic E-state index is 13.5. The number of nitrogen functional groups attached to an aromatic ring is 1. The van der Waals surface area contributed by atoms with E-state index in [2.05, 4.69) is 0 Å². The summed E-state index contributed by atoms with van der Waals surface area (Å²) in [5.74, 6) is -0.350. The fraction of sp³-hybridized carbons (Fsp3) is 0.417. The minimum absolute atomic E-state index is 0.0108. The molecule has 1 aromatic carbocycles. The highest BCUT2D eigenvalue weighted by Gasteiger charge is 2.11. The zero-order valence-corrected chi connectivity index (χ0v) is 10.4. The molecule has 0 saturated heterocycles. The molecule has 0 atom stereocenters. The van der Waals surface area contributed by atoms with Gasteiger partial charge < -0.3 is 10.6 Å². The Balaban J connectivity index is 2.62. The van der Waals surface area contributed by atoms with Gasteiger partial charge in [-0.05, 0) is 19.2 Å². The molecule has 0 aromatic heterocycles. The van der Waals surface area contributed by atoms with Gasteiger partial charge in [0, 0.05) is 31.9 Å². The van der Waals surface area contributed by atoms with E-state index in [-0.39, 0.29) is 18.3 Å². The number of halogens is 1. The number of nitrogens with two attached hydrogens (primary N) is 1. The summed E-state index contributed by atoms with van der Waals surface area (Å²) in [6.45, 7) is 0.641. The highest BCUT2D eigenvalue weighted by atomic mass is 19.1. The van der Waals surface area contributed by atoms with E-state index in [4.69, 9.17) is 5.73 Å². The molecule has 17 heavy (non-hydrogen) atoms. The molecule has 0 aliphatic carbocycles. The summed E-state index contributed by atoms with van der Waals surface area (Å²) < 4.78 is 13.5. The quantitative estimate of drug-likeness (QED) is 0.795. The van der Waals surface area contributed by atoms with Crippen molar-refractivity contribution in [3.05, 3.63) is 29.6 Å². The normalized spacial score (nSPS) is 10.6. The van der Waals surface area contributed by atoms with Gasteiger partial charge in [0.05, 0.1) is 6.54 Å². The summed E-state index contributed by atoms with van der Waals surface area (Å²) in [5, 5.41) is 0. The van der Waals surface area contributed by atoms with E-state index in [1.807, 2.05) is 0 Å². The van der Waals surface area contributed by atoms with Gasteiger partial charge in [0.1, 0.15) is 5.82 Å². The fourth-order valence-corrected chi connectivity index (χ4v) is 1.41. The molecular weight excluding hydrogens is 221 g/mol. The Hall–Kier alpha value is -1.62. The smallest absolute Gasteiger partial charge is 0.236 e. The average Bonchev–Trinajstić information content (AvgIpc) is 2.22. The molecule has 1 rings (SSSR count). The molecule has 94 valence electrons. The second-order valence-electron chi connectivity index (χ2n) is 4.31. The summed E-state index contributed by atoms with van der Waals surface area (Å²) >= 11 is 0. The zero-order chi connectivity index (χ0) is 13.0. The lowest BCUT2D eigenvalue weighted by molar-refractivity contribution is -0.129. The van der Waals surface area contributed by atoms with Crippen molar-refractivity contribution in [2.24, 2.45) is 0 Å². The first kappa shape index (κ1) is 13.4. The molecule has 0 aliphatic rings. The van der Waals surface area contributed by atoms with Gasteiger partial charge in [-0.25, -0.2) is 4.39 Å². The Labute approximate surface area is 101 Å². The van der Waals surface area contributed by atoms with Crippen LogP contribution in [0.5, 0.6) is 0 Å².